The molecule has 4 heterocycles. The number of fused-ring (bicyclic) bond motifs is 7. The van der Waals surface area contributed by atoms with Crippen LogP contribution in [0.25, 0.3) is 21.7 Å². The fourth-order valence-electron chi connectivity index (χ4n) is 6.93. The highest BCUT2D eigenvalue weighted by atomic mass is 16.6. The second-order valence-corrected chi connectivity index (χ2v) is 10.8. The van der Waals surface area contributed by atoms with Gasteiger partial charge in [0.15, 0.2) is 5.58 Å². The number of ether oxygens (including phenoxy) is 2. The molecule has 1 aromatic heterocycles. The van der Waals surface area contributed by atoms with Crippen LogP contribution < -0.4 is 9.64 Å². The number of aryl methyl sites for hydroxylation is 1. The zero-order valence-electron chi connectivity index (χ0n) is 21.1. The SMILES string of the molecule is Cc1cccc2c(OCC[C@]34CC[C@](C)(O3)[C@@H]3C(=O)N(c5ccc(C#N)c6ccccc56)C(=O)[C@@H]34)noc12. The number of benzene rings is 3. The van der Waals surface area contributed by atoms with E-state index in [1.165, 1.54) is 4.90 Å². The van der Waals surface area contributed by atoms with Crippen LogP contribution in [0.2, 0.25) is 0 Å². The minimum atomic E-state index is -0.793. The van der Waals surface area contributed by atoms with Crippen LogP contribution in [-0.4, -0.2) is 34.8 Å². The van der Waals surface area contributed by atoms with Gasteiger partial charge in [-0.15, -0.1) is 0 Å². The first-order valence-electron chi connectivity index (χ1n) is 12.8. The van der Waals surface area contributed by atoms with Gasteiger partial charge in [-0.3, -0.25) is 9.59 Å². The van der Waals surface area contributed by atoms with Gasteiger partial charge in [-0.25, -0.2) is 4.90 Å². The third-order valence-corrected chi connectivity index (χ3v) is 8.70. The number of para-hydroxylation sites is 1. The molecule has 2 amide bonds. The molecule has 0 spiro atoms. The lowest BCUT2D eigenvalue weighted by molar-refractivity contribution is -0.131. The van der Waals surface area contributed by atoms with Gasteiger partial charge in [-0.05, 0) is 55.6 Å². The number of anilines is 1. The minimum absolute atomic E-state index is 0.238. The van der Waals surface area contributed by atoms with E-state index in [4.69, 9.17) is 14.0 Å². The van der Waals surface area contributed by atoms with E-state index in [9.17, 15) is 14.9 Å². The Kier molecular flexibility index (Phi) is 4.76. The number of imide groups is 1. The Morgan fingerprint density at radius 3 is 2.61 bits per heavy atom. The Labute approximate surface area is 218 Å². The number of rotatable bonds is 5. The number of aromatic nitrogens is 1. The van der Waals surface area contributed by atoms with Gasteiger partial charge in [0, 0.05) is 17.2 Å². The van der Waals surface area contributed by atoms with Crippen molar-refractivity contribution in [3.05, 3.63) is 65.7 Å². The number of carbonyl (C=O) groups is 2. The third-order valence-electron chi connectivity index (χ3n) is 8.70. The molecule has 3 aromatic carbocycles. The van der Waals surface area contributed by atoms with Crippen molar-refractivity contribution < 1.29 is 23.6 Å². The molecule has 0 N–H and O–H groups in total. The molecule has 4 aromatic rings. The first-order chi connectivity index (χ1) is 18.4. The van der Waals surface area contributed by atoms with Crippen LogP contribution in [0.3, 0.4) is 0 Å². The molecule has 0 saturated carbocycles. The van der Waals surface area contributed by atoms with Crippen molar-refractivity contribution >= 4 is 39.2 Å². The average Bonchev–Trinajstić information content (AvgIpc) is 3.63. The summed E-state index contributed by atoms with van der Waals surface area (Å²) in [5, 5.41) is 15.9. The molecule has 3 aliphatic heterocycles. The highest BCUT2D eigenvalue weighted by Gasteiger charge is 2.73. The number of amides is 2. The number of carbonyl (C=O) groups excluding carboxylic acids is 2. The molecule has 2 bridgehead atoms. The van der Waals surface area contributed by atoms with Crippen LogP contribution in [0.15, 0.2) is 59.1 Å². The van der Waals surface area contributed by atoms with E-state index in [1.807, 2.05) is 56.3 Å². The zero-order chi connectivity index (χ0) is 26.2. The van der Waals surface area contributed by atoms with Crippen molar-refractivity contribution in [3.63, 3.8) is 0 Å². The summed E-state index contributed by atoms with van der Waals surface area (Å²) in [4.78, 5) is 29.2. The molecule has 38 heavy (non-hydrogen) atoms. The van der Waals surface area contributed by atoms with E-state index < -0.39 is 23.0 Å². The third kappa shape index (κ3) is 2.96. The van der Waals surface area contributed by atoms with Crippen LogP contribution in [0.4, 0.5) is 5.69 Å². The van der Waals surface area contributed by atoms with Gasteiger partial charge < -0.3 is 14.0 Å². The standard InChI is InChI=1S/C30H25N3O5/c1-17-6-5-9-21-25(17)37-32-26(21)36-15-14-30-13-12-29(2,38-30)23-24(30)28(35)33(27(23)34)22-11-10-18(16-31)19-7-3-4-8-20(19)22/h3-11,23-24H,12-15H2,1-2H3/t23-,24+,29-,30-/m0/s1. The molecule has 4 atom stereocenters. The van der Waals surface area contributed by atoms with E-state index in [1.54, 1.807) is 12.1 Å². The number of nitrogens with zero attached hydrogens (tertiary/aromatic N) is 3. The van der Waals surface area contributed by atoms with Crippen molar-refractivity contribution in [2.24, 2.45) is 11.8 Å². The molecular weight excluding hydrogens is 482 g/mol. The fraction of sp³-hybridized carbons (Fsp3) is 0.333. The van der Waals surface area contributed by atoms with Crippen molar-refractivity contribution in [1.82, 2.24) is 5.16 Å². The number of hydrogen-bond acceptors (Lipinski definition) is 7. The molecule has 7 rings (SSSR count). The molecule has 8 nitrogen and oxygen atoms in total. The van der Waals surface area contributed by atoms with Crippen LogP contribution >= 0.6 is 0 Å². The summed E-state index contributed by atoms with van der Waals surface area (Å²) < 4.78 is 18.1. The van der Waals surface area contributed by atoms with Crippen LogP contribution in [-0.2, 0) is 14.3 Å². The molecule has 3 saturated heterocycles. The first kappa shape index (κ1) is 22.9. The van der Waals surface area contributed by atoms with Crippen LogP contribution in [0.1, 0.15) is 37.3 Å². The Balaban J connectivity index is 1.21. The van der Waals surface area contributed by atoms with Crippen molar-refractivity contribution in [2.45, 2.75) is 44.3 Å². The largest absolute Gasteiger partial charge is 0.475 e. The Hall–Kier alpha value is -4.22. The van der Waals surface area contributed by atoms with Gasteiger partial charge in [-0.2, -0.15) is 5.26 Å². The monoisotopic (exact) mass is 507 g/mol. The van der Waals surface area contributed by atoms with Gasteiger partial charge >= 0.3 is 0 Å². The van der Waals surface area contributed by atoms with Gasteiger partial charge in [0.2, 0.25) is 11.8 Å². The van der Waals surface area contributed by atoms with E-state index in [-0.39, 0.29) is 18.4 Å². The average molecular weight is 508 g/mol. The zero-order valence-corrected chi connectivity index (χ0v) is 21.1. The summed E-state index contributed by atoms with van der Waals surface area (Å²) in [6.07, 6.45) is 1.82. The Morgan fingerprint density at radius 1 is 1.03 bits per heavy atom. The lowest BCUT2D eigenvalue weighted by Gasteiger charge is -2.31. The van der Waals surface area contributed by atoms with Gasteiger partial charge in [0.1, 0.15) is 0 Å². The predicted molar refractivity (Wildman–Crippen MR) is 138 cm³/mol. The summed E-state index contributed by atoms with van der Waals surface area (Å²) in [6, 6.07) is 18.7. The van der Waals surface area contributed by atoms with E-state index in [2.05, 4.69) is 11.2 Å². The highest BCUT2D eigenvalue weighted by Crippen LogP contribution is 2.62. The topological polar surface area (TPSA) is 106 Å². The molecule has 0 unspecified atom stereocenters. The van der Waals surface area contributed by atoms with E-state index >= 15 is 0 Å². The maximum absolute atomic E-state index is 14.0. The number of nitriles is 1. The minimum Gasteiger partial charge on any atom is -0.475 e. The Bertz CT molecular complexity index is 1700. The first-order valence-corrected chi connectivity index (χ1v) is 12.8. The fourth-order valence-corrected chi connectivity index (χ4v) is 6.93. The summed E-state index contributed by atoms with van der Waals surface area (Å²) >= 11 is 0. The summed E-state index contributed by atoms with van der Waals surface area (Å²) in [7, 11) is 0. The molecule has 0 radical (unpaired) electrons. The molecule has 0 aliphatic carbocycles. The molecule has 3 aliphatic rings. The van der Waals surface area contributed by atoms with Crippen molar-refractivity contribution in [2.75, 3.05) is 11.5 Å². The van der Waals surface area contributed by atoms with Crippen LogP contribution in [0.5, 0.6) is 5.88 Å². The summed E-state index contributed by atoms with van der Waals surface area (Å²) in [5.74, 6) is -1.23. The van der Waals surface area contributed by atoms with E-state index in [0.717, 1.165) is 10.9 Å². The van der Waals surface area contributed by atoms with E-state index in [0.29, 0.717) is 52.7 Å². The van der Waals surface area contributed by atoms with Gasteiger partial charge in [0.05, 0.1) is 52.4 Å². The second-order valence-electron chi connectivity index (χ2n) is 10.8. The predicted octanol–water partition coefficient (Wildman–Crippen LogP) is 5.06. The lowest BCUT2D eigenvalue weighted by Crippen LogP contribution is -2.43. The van der Waals surface area contributed by atoms with Gasteiger partial charge in [-0.1, -0.05) is 36.4 Å². The molecule has 8 heteroatoms. The van der Waals surface area contributed by atoms with Crippen molar-refractivity contribution in [1.29, 1.82) is 5.26 Å². The quantitative estimate of drug-likeness (QED) is 0.348. The van der Waals surface area contributed by atoms with Crippen molar-refractivity contribution in [3.8, 4) is 11.9 Å². The van der Waals surface area contributed by atoms with Gasteiger partial charge in [0.25, 0.3) is 5.88 Å². The highest BCUT2D eigenvalue weighted by molar-refractivity contribution is 6.26. The molecular formula is C30H25N3O5. The normalized spacial score (nSPS) is 27.9. The molecule has 190 valence electrons. The summed E-state index contributed by atoms with van der Waals surface area (Å²) in [6.45, 7) is 4.17. The Morgan fingerprint density at radius 2 is 1.79 bits per heavy atom. The number of hydrogen-bond donors (Lipinski definition) is 0. The smallest absolute Gasteiger partial charge is 0.262 e. The second kappa shape index (κ2) is 7.89. The van der Waals surface area contributed by atoms with Crippen LogP contribution in [0, 0.1) is 30.1 Å². The maximum Gasteiger partial charge on any atom is 0.262 e. The lowest BCUT2D eigenvalue weighted by atomic mass is 9.67. The summed E-state index contributed by atoms with van der Waals surface area (Å²) in [5.41, 5.74) is 1.17. The maximum atomic E-state index is 14.0. The molecule has 3 fully saturated rings.